The number of likely N-dealkylation sites (tertiary alicyclic amines) is 1. The molecule has 2 saturated heterocycles. The van der Waals surface area contributed by atoms with Crippen LogP contribution in [0.5, 0.6) is 0 Å². The van der Waals surface area contributed by atoms with Crippen LogP contribution in [0, 0.1) is 18.7 Å². The zero-order valence-electron chi connectivity index (χ0n) is 14.6. The maximum atomic E-state index is 13.4. The smallest absolute Gasteiger partial charge is 0.253 e. The van der Waals surface area contributed by atoms with E-state index in [1.165, 1.54) is 6.07 Å². The van der Waals surface area contributed by atoms with E-state index < -0.39 is 0 Å². The second-order valence-corrected chi connectivity index (χ2v) is 6.98. The monoisotopic (exact) mass is 334 g/mol. The van der Waals surface area contributed by atoms with Crippen molar-refractivity contribution in [2.75, 3.05) is 39.4 Å². The molecule has 2 heterocycles. The summed E-state index contributed by atoms with van der Waals surface area (Å²) in [4.78, 5) is 17.0. The largest absolute Gasteiger partial charge is 0.379 e. The molecule has 0 saturated carbocycles. The Kier molecular flexibility index (Phi) is 5.51. The third-order valence-corrected chi connectivity index (χ3v) is 5.54. The van der Waals surface area contributed by atoms with Crippen LogP contribution < -0.4 is 0 Å². The molecule has 1 atom stereocenters. The van der Waals surface area contributed by atoms with E-state index in [2.05, 4.69) is 11.8 Å². The van der Waals surface area contributed by atoms with Crippen LogP contribution in [0.25, 0.3) is 0 Å². The Morgan fingerprint density at radius 2 is 1.88 bits per heavy atom. The summed E-state index contributed by atoms with van der Waals surface area (Å²) in [6.45, 7) is 9.24. The van der Waals surface area contributed by atoms with Crippen LogP contribution in [0.15, 0.2) is 18.2 Å². The fourth-order valence-corrected chi connectivity index (χ4v) is 3.83. The molecule has 1 unspecified atom stereocenters. The number of morpholine rings is 1. The number of benzene rings is 1. The molecule has 0 spiro atoms. The highest BCUT2D eigenvalue weighted by molar-refractivity contribution is 5.94. The summed E-state index contributed by atoms with van der Waals surface area (Å²) in [7, 11) is 0. The lowest BCUT2D eigenvalue weighted by atomic mass is 9.89. The molecule has 3 rings (SSSR count). The third kappa shape index (κ3) is 3.78. The summed E-state index contributed by atoms with van der Waals surface area (Å²) >= 11 is 0. The highest BCUT2D eigenvalue weighted by Crippen LogP contribution is 2.25. The van der Waals surface area contributed by atoms with E-state index in [0.717, 1.165) is 52.2 Å². The predicted molar refractivity (Wildman–Crippen MR) is 91.6 cm³/mol. The van der Waals surface area contributed by atoms with Gasteiger partial charge in [0.2, 0.25) is 0 Å². The summed E-state index contributed by atoms with van der Waals surface area (Å²) in [5.41, 5.74) is 1.12. The van der Waals surface area contributed by atoms with Crippen molar-refractivity contribution in [3.63, 3.8) is 0 Å². The first-order valence-electron chi connectivity index (χ1n) is 8.93. The molecule has 1 amide bonds. The van der Waals surface area contributed by atoms with E-state index in [-0.39, 0.29) is 11.7 Å². The van der Waals surface area contributed by atoms with Gasteiger partial charge >= 0.3 is 0 Å². The highest BCUT2D eigenvalue weighted by Gasteiger charge is 2.30. The van der Waals surface area contributed by atoms with Crippen molar-refractivity contribution in [1.29, 1.82) is 0 Å². The Morgan fingerprint density at radius 3 is 2.50 bits per heavy atom. The maximum absolute atomic E-state index is 13.4. The molecule has 2 aliphatic rings. The molecule has 5 heteroatoms. The van der Waals surface area contributed by atoms with Gasteiger partial charge in [-0.15, -0.1) is 0 Å². The van der Waals surface area contributed by atoms with E-state index in [0.29, 0.717) is 23.1 Å². The Hall–Kier alpha value is -1.46. The first kappa shape index (κ1) is 17.4. The van der Waals surface area contributed by atoms with Gasteiger partial charge in [0, 0.05) is 37.8 Å². The van der Waals surface area contributed by atoms with Crippen molar-refractivity contribution in [3.8, 4) is 0 Å². The average molecular weight is 334 g/mol. The minimum absolute atomic E-state index is 0.0237. The Balaban J connectivity index is 1.56. The van der Waals surface area contributed by atoms with Crippen molar-refractivity contribution in [3.05, 3.63) is 35.1 Å². The van der Waals surface area contributed by atoms with E-state index in [9.17, 15) is 9.18 Å². The molecule has 0 radical (unpaired) electrons. The number of carbonyl (C=O) groups excluding carboxylic acids is 1. The quantitative estimate of drug-likeness (QED) is 0.852. The lowest BCUT2D eigenvalue weighted by Gasteiger charge is -2.41. The van der Waals surface area contributed by atoms with Gasteiger partial charge < -0.3 is 9.64 Å². The maximum Gasteiger partial charge on any atom is 0.253 e. The molecule has 1 aromatic carbocycles. The second kappa shape index (κ2) is 7.62. The number of aryl methyl sites for hydroxylation is 1. The number of hydrogen-bond acceptors (Lipinski definition) is 3. The first-order valence-corrected chi connectivity index (χ1v) is 8.93. The Morgan fingerprint density at radius 1 is 1.21 bits per heavy atom. The Labute approximate surface area is 143 Å². The highest BCUT2D eigenvalue weighted by atomic mass is 19.1. The van der Waals surface area contributed by atoms with Gasteiger partial charge in [-0.3, -0.25) is 9.69 Å². The lowest BCUT2D eigenvalue weighted by molar-refractivity contribution is -0.000951. The van der Waals surface area contributed by atoms with Crippen molar-refractivity contribution >= 4 is 5.91 Å². The van der Waals surface area contributed by atoms with Crippen molar-refractivity contribution in [1.82, 2.24) is 9.80 Å². The fraction of sp³-hybridized carbons (Fsp3) is 0.632. The number of rotatable bonds is 3. The Bertz CT molecular complexity index is 579. The lowest BCUT2D eigenvalue weighted by Crippen LogP contribution is -2.49. The van der Waals surface area contributed by atoms with Crippen LogP contribution >= 0.6 is 0 Å². The molecule has 2 fully saturated rings. The van der Waals surface area contributed by atoms with E-state index in [4.69, 9.17) is 4.74 Å². The van der Waals surface area contributed by atoms with Crippen molar-refractivity contribution < 1.29 is 13.9 Å². The molecule has 0 aromatic heterocycles. The van der Waals surface area contributed by atoms with Crippen molar-refractivity contribution in [2.45, 2.75) is 32.7 Å². The average Bonchev–Trinajstić information content (AvgIpc) is 2.63. The number of carbonyl (C=O) groups is 1. The molecule has 0 aliphatic carbocycles. The van der Waals surface area contributed by atoms with Gasteiger partial charge in [0.1, 0.15) is 5.82 Å². The van der Waals surface area contributed by atoms with E-state index in [1.807, 2.05) is 4.90 Å². The normalized spacial score (nSPS) is 21.7. The summed E-state index contributed by atoms with van der Waals surface area (Å²) < 4.78 is 18.8. The van der Waals surface area contributed by atoms with Crippen LogP contribution in [-0.2, 0) is 4.74 Å². The number of nitrogens with zero attached hydrogens (tertiary/aromatic N) is 2. The summed E-state index contributed by atoms with van der Waals surface area (Å²) in [5.74, 6) is 0.391. The molecule has 2 aliphatic heterocycles. The van der Waals surface area contributed by atoms with Gasteiger partial charge in [0.25, 0.3) is 5.91 Å². The molecule has 0 N–H and O–H groups in total. The van der Waals surface area contributed by atoms with Crippen molar-refractivity contribution in [2.24, 2.45) is 5.92 Å². The van der Waals surface area contributed by atoms with Crippen LogP contribution in [0.1, 0.15) is 35.7 Å². The number of piperidine rings is 1. The molecule has 132 valence electrons. The number of halogens is 1. The first-order chi connectivity index (χ1) is 11.6. The van der Waals surface area contributed by atoms with Crippen LogP contribution in [0.2, 0.25) is 0 Å². The molecular formula is C19H27FN2O2. The zero-order valence-corrected chi connectivity index (χ0v) is 14.6. The zero-order chi connectivity index (χ0) is 17.1. The minimum atomic E-state index is -0.260. The fourth-order valence-electron chi connectivity index (χ4n) is 3.83. The predicted octanol–water partition coefficient (Wildman–Crippen LogP) is 2.71. The van der Waals surface area contributed by atoms with Gasteiger partial charge in [-0.05, 0) is 56.4 Å². The second-order valence-electron chi connectivity index (χ2n) is 6.98. The van der Waals surface area contributed by atoms with Gasteiger partial charge in [-0.25, -0.2) is 4.39 Å². The summed E-state index contributed by atoms with van der Waals surface area (Å²) in [5, 5.41) is 0. The van der Waals surface area contributed by atoms with Gasteiger partial charge in [0.15, 0.2) is 0 Å². The van der Waals surface area contributed by atoms with Gasteiger partial charge in [-0.2, -0.15) is 0 Å². The molecule has 0 bridgehead atoms. The number of hydrogen-bond donors (Lipinski definition) is 0. The molecular weight excluding hydrogens is 307 g/mol. The molecule has 4 nitrogen and oxygen atoms in total. The van der Waals surface area contributed by atoms with Gasteiger partial charge in [-0.1, -0.05) is 0 Å². The van der Waals surface area contributed by atoms with Crippen LogP contribution in [0.4, 0.5) is 4.39 Å². The summed E-state index contributed by atoms with van der Waals surface area (Å²) in [6, 6.07) is 5.17. The molecule has 24 heavy (non-hydrogen) atoms. The molecule has 1 aromatic rings. The van der Waals surface area contributed by atoms with Gasteiger partial charge in [0.05, 0.1) is 13.2 Å². The van der Waals surface area contributed by atoms with E-state index in [1.54, 1.807) is 19.1 Å². The van der Waals surface area contributed by atoms with Crippen LogP contribution in [0.3, 0.4) is 0 Å². The topological polar surface area (TPSA) is 32.8 Å². The standard InChI is InChI=1S/C19H27FN2O2/c1-14-13-17(3-4-18(14)20)19(23)22-7-5-16(6-8-22)15(2)21-9-11-24-12-10-21/h3-4,13,15-16H,5-12H2,1-2H3. The minimum Gasteiger partial charge on any atom is -0.379 e. The van der Waals surface area contributed by atoms with Crippen LogP contribution in [-0.4, -0.2) is 61.1 Å². The number of amides is 1. The number of ether oxygens (including phenoxy) is 1. The summed E-state index contributed by atoms with van der Waals surface area (Å²) in [6.07, 6.45) is 2.06. The third-order valence-electron chi connectivity index (χ3n) is 5.54. The van der Waals surface area contributed by atoms with E-state index >= 15 is 0 Å². The SMILES string of the molecule is Cc1cc(C(=O)N2CCC(C(C)N3CCOCC3)CC2)ccc1F.